The number of hydrogen-bond donors (Lipinski definition) is 2. The Balaban J connectivity index is 1.91. The quantitative estimate of drug-likeness (QED) is 0.782. The molecule has 21 heavy (non-hydrogen) atoms. The third kappa shape index (κ3) is 4.62. The van der Waals surface area contributed by atoms with E-state index in [1.807, 2.05) is 16.8 Å². The van der Waals surface area contributed by atoms with Crippen LogP contribution in [0.2, 0.25) is 0 Å². The molecular formula is C15H20N2O2S2. The number of hydrogen-bond acceptors (Lipinski definition) is 5. The van der Waals surface area contributed by atoms with E-state index in [1.54, 1.807) is 16.7 Å². The summed E-state index contributed by atoms with van der Waals surface area (Å²) in [7, 11) is 0. The Hall–Kier alpha value is -1.24. The first-order valence-electron chi connectivity index (χ1n) is 7.11. The second kappa shape index (κ2) is 8.26. The lowest BCUT2D eigenvalue weighted by molar-refractivity contribution is 0.0938. The van der Waals surface area contributed by atoms with Crippen LogP contribution in [-0.2, 0) is 0 Å². The van der Waals surface area contributed by atoms with Crippen molar-refractivity contribution in [2.24, 2.45) is 5.92 Å². The van der Waals surface area contributed by atoms with Crippen molar-refractivity contribution < 1.29 is 9.90 Å². The number of nitrogens with one attached hydrogen (secondary N) is 1. The molecule has 0 aliphatic rings. The fraction of sp³-hybridized carbons (Fsp3) is 0.467. The maximum absolute atomic E-state index is 12.1. The lowest BCUT2D eigenvalue weighted by Crippen LogP contribution is -2.30. The summed E-state index contributed by atoms with van der Waals surface area (Å²) in [5, 5.41) is 18.7. The minimum atomic E-state index is -0.133. The van der Waals surface area contributed by atoms with Gasteiger partial charge in [0.1, 0.15) is 10.7 Å². The van der Waals surface area contributed by atoms with Crippen LogP contribution in [-0.4, -0.2) is 29.1 Å². The van der Waals surface area contributed by atoms with Gasteiger partial charge in [0.2, 0.25) is 0 Å². The topological polar surface area (TPSA) is 62.2 Å². The molecule has 0 aliphatic heterocycles. The fourth-order valence-electron chi connectivity index (χ4n) is 2.16. The van der Waals surface area contributed by atoms with Gasteiger partial charge in [0.25, 0.3) is 5.91 Å². The maximum atomic E-state index is 12.1. The van der Waals surface area contributed by atoms with E-state index in [9.17, 15) is 4.79 Å². The number of thiazole rings is 1. The van der Waals surface area contributed by atoms with Gasteiger partial charge in [-0.3, -0.25) is 4.79 Å². The molecule has 2 aromatic heterocycles. The van der Waals surface area contributed by atoms with Crippen LogP contribution in [0.5, 0.6) is 0 Å². The summed E-state index contributed by atoms with van der Waals surface area (Å²) in [4.78, 5) is 16.5. The lowest BCUT2D eigenvalue weighted by atomic mass is 10.0. The minimum Gasteiger partial charge on any atom is -0.396 e. The first-order valence-corrected chi connectivity index (χ1v) is 8.94. The first kappa shape index (κ1) is 16.1. The molecule has 0 aromatic carbocycles. The third-order valence-electron chi connectivity index (χ3n) is 3.29. The number of thiophene rings is 1. The molecule has 4 nitrogen and oxygen atoms in total. The Morgan fingerprint density at radius 3 is 2.95 bits per heavy atom. The van der Waals surface area contributed by atoms with E-state index in [0.29, 0.717) is 18.2 Å². The summed E-state index contributed by atoms with van der Waals surface area (Å²) in [6.07, 6.45) is 2.79. The molecule has 0 saturated carbocycles. The van der Waals surface area contributed by atoms with E-state index >= 15 is 0 Å². The first-order chi connectivity index (χ1) is 10.2. The highest BCUT2D eigenvalue weighted by molar-refractivity contribution is 7.14. The average molecular weight is 324 g/mol. The molecule has 0 saturated heterocycles. The zero-order valence-corrected chi connectivity index (χ0v) is 13.7. The van der Waals surface area contributed by atoms with Crippen LogP contribution >= 0.6 is 22.7 Å². The van der Waals surface area contributed by atoms with E-state index in [4.69, 9.17) is 5.11 Å². The Bertz CT molecular complexity index is 546. The van der Waals surface area contributed by atoms with Crippen LogP contribution in [0.15, 0.2) is 22.2 Å². The molecule has 0 bridgehead atoms. The summed E-state index contributed by atoms with van der Waals surface area (Å²) >= 11 is 3.10. The van der Waals surface area contributed by atoms with Gasteiger partial charge in [0, 0.05) is 29.5 Å². The van der Waals surface area contributed by atoms with E-state index < -0.39 is 0 Å². The van der Waals surface area contributed by atoms with Crippen LogP contribution in [0.3, 0.4) is 0 Å². The van der Waals surface area contributed by atoms with Gasteiger partial charge >= 0.3 is 0 Å². The highest BCUT2D eigenvalue weighted by Crippen LogP contribution is 2.25. The van der Waals surface area contributed by atoms with Gasteiger partial charge in [-0.25, -0.2) is 4.98 Å². The number of amides is 1. The number of nitrogens with zero attached hydrogens (tertiary/aromatic N) is 1. The van der Waals surface area contributed by atoms with E-state index in [0.717, 1.165) is 29.8 Å². The number of rotatable bonds is 8. The SMILES string of the molecule is CCCC(CCO)CNC(=O)c1csc(-c2ccsc2)n1. The average Bonchev–Trinajstić information content (AvgIpc) is 3.15. The van der Waals surface area contributed by atoms with Gasteiger partial charge in [-0.1, -0.05) is 13.3 Å². The number of carbonyl (C=O) groups excluding carboxylic acids is 1. The van der Waals surface area contributed by atoms with Crippen LogP contribution in [0.25, 0.3) is 10.6 Å². The largest absolute Gasteiger partial charge is 0.396 e. The Labute approximate surface area is 132 Å². The second-order valence-corrected chi connectivity index (χ2v) is 6.57. The summed E-state index contributed by atoms with van der Waals surface area (Å²) < 4.78 is 0. The van der Waals surface area contributed by atoms with Gasteiger partial charge in [-0.15, -0.1) is 11.3 Å². The highest BCUT2D eigenvalue weighted by atomic mass is 32.1. The van der Waals surface area contributed by atoms with Crippen molar-refractivity contribution in [3.05, 3.63) is 27.9 Å². The Kier molecular flexibility index (Phi) is 6.35. The lowest BCUT2D eigenvalue weighted by Gasteiger charge is -2.15. The maximum Gasteiger partial charge on any atom is 0.270 e. The predicted octanol–water partition coefficient (Wildman–Crippen LogP) is 3.40. The monoisotopic (exact) mass is 324 g/mol. The molecular weight excluding hydrogens is 304 g/mol. The van der Waals surface area contributed by atoms with Gasteiger partial charge in [0.05, 0.1) is 0 Å². The second-order valence-electron chi connectivity index (χ2n) is 4.93. The van der Waals surface area contributed by atoms with Gasteiger partial charge in [-0.05, 0) is 30.2 Å². The Morgan fingerprint density at radius 1 is 1.43 bits per heavy atom. The molecule has 0 aliphatic carbocycles. The molecule has 2 rings (SSSR count). The Morgan fingerprint density at radius 2 is 2.29 bits per heavy atom. The minimum absolute atomic E-state index is 0.133. The van der Waals surface area contributed by atoms with E-state index in [2.05, 4.69) is 17.2 Å². The van der Waals surface area contributed by atoms with Crippen LogP contribution < -0.4 is 5.32 Å². The normalized spacial score (nSPS) is 12.3. The molecule has 1 atom stereocenters. The summed E-state index contributed by atoms with van der Waals surface area (Å²) in [6, 6.07) is 2.00. The molecule has 2 N–H and O–H groups in total. The highest BCUT2D eigenvalue weighted by Gasteiger charge is 2.14. The zero-order chi connectivity index (χ0) is 15.1. The van der Waals surface area contributed by atoms with Crippen molar-refractivity contribution in [3.63, 3.8) is 0 Å². The zero-order valence-electron chi connectivity index (χ0n) is 12.0. The van der Waals surface area contributed by atoms with Crippen molar-refractivity contribution in [1.82, 2.24) is 10.3 Å². The smallest absolute Gasteiger partial charge is 0.270 e. The standard InChI is InChI=1S/C15H20N2O2S2/c1-2-3-11(4-6-18)8-16-14(19)13-10-21-15(17-13)12-5-7-20-9-12/h5,7,9-11,18H,2-4,6,8H2,1H3,(H,16,19). The van der Waals surface area contributed by atoms with Crippen molar-refractivity contribution in [2.75, 3.05) is 13.2 Å². The third-order valence-corrected chi connectivity index (χ3v) is 4.87. The van der Waals surface area contributed by atoms with Crippen LogP contribution in [0.1, 0.15) is 36.7 Å². The van der Waals surface area contributed by atoms with Crippen LogP contribution in [0.4, 0.5) is 0 Å². The number of aliphatic hydroxyl groups is 1. The van der Waals surface area contributed by atoms with Crippen LogP contribution in [0, 0.1) is 5.92 Å². The van der Waals surface area contributed by atoms with Crippen molar-refractivity contribution in [3.8, 4) is 10.6 Å². The van der Waals surface area contributed by atoms with Gasteiger partial charge in [-0.2, -0.15) is 11.3 Å². The molecule has 0 radical (unpaired) electrons. The molecule has 2 heterocycles. The molecule has 2 aromatic rings. The molecule has 1 amide bonds. The number of aliphatic hydroxyl groups excluding tert-OH is 1. The molecule has 1 unspecified atom stereocenters. The summed E-state index contributed by atoms with van der Waals surface area (Å²) in [5.41, 5.74) is 1.54. The van der Waals surface area contributed by atoms with Gasteiger partial charge < -0.3 is 10.4 Å². The fourth-order valence-corrected chi connectivity index (χ4v) is 3.68. The van der Waals surface area contributed by atoms with Crippen molar-refractivity contribution >= 4 is 28.6 Å². The molecule has 114 valence electrons. The van der Waals surface area contributed by atoms with Crippen molar-refractivity contribution in [1.29, 1.82) is 0 Å². The number of carbonyl (C=O) groups is 1. The summed E-state index contributed by atoms with van der Waals surface area (Å²) in [6.45, 7) is 2.87. The predicted molar refractivity (Wildman–Crippen MR) is 87.9 cm³/mol. The number of aromatic nitrogens is 1. The van der Waals surface area contributed by atoms with Crippen molar-refractivity contribution in [2.45, 2.75) is 26.2 Å². The molecule has 6 heteroatoms. The molecule has 0 fully saturated rings. The summed E-state index contributed by atoms with van der Waals surface area (Å²) in [5.74, 6) is 0.200. The van der Waals surface area contributed by atoms with E-state index in [1.165, 1.54) is 11.3 Å². The van der Waals surface area contributed by atoms with Gasteiger partial charge in [0.15, 0.2) is 0 Å². The molecule has 0 spiro atoms. The van der Waals surface area contributed by atoms with E-state index in [-0.39, 0.29) is 12.5 Å².